The molecular weight excluding hydrogens is 232 g/mol. The number of carbonyl (C=O) groups excluding carboxylic acids is 1. The third kappa shape index (κ3) is 2.67. The number of pyridine rings is 1. The zero-order valence-electron chi connectivity index (χ0n) is 10.2. The first-order chi connectivity index (χ1) is 8.58. The van der Waals surface area contributed by atoms with Gasteiger partial charge in [0.1, 0.15) is 5.69 Å². The van der Waals surface area contributed by atoms with E-state index in [2.05, 4.69) is 17.2 Å². The fourth-order valence-electron chi connectivity index (χ4n) is 2.27. The van der Waals surface area contributed by atoms with Crippen LogP contribution >= 0.6 is 0 Å². The molecule has 2 atom stereocenters. The van der Waals surface area contributed by atoms with Crippen LogP contribution < -0.4 is 5.32 Å². The molecule has 1 aliphatic carbocycles. The van der Waals surface area contributed by atoms with Crippen LogP contribution in [0.5, 0.6) is 0 Å². The third-order valence-electron chi connectivity index (χ3n) is 3.42. The Bertz CT molecular complexity index is 456. The number of carboxylic acids is 1. The lowest BCUT2D eigenvalue weighted by Crippen LogP contribution is -2.36. The molecule has 18 heavy (non-hydrogen) atoms. The Morgan fingerprint density at radius 1 is 1.39 bits per heavy atom. The van der Waals surface area contributed by atoms with Crippen molar-refractivity contribution in [3.8, 4) is 0 Å². The zero-order valence-corrected chi connectivity index (χ0v) is 10.2. The Balaban J connectivity index is 2.02. The van der Waals surface area contributed by atoms with Crippen molar-refractivity contribution in [2.24, 2.45) is 5.92 Å². The average molecular weight is 248 g/mol. The molecule has 5 heteroatoms. The topological polar surface area (TPSA) is 79.3 Å². The van der Waals surface area contributed by atoms with Gasteiger partial charge in [-0.05, 0) is 30.9 Å². The summed E-state index contributed by atoms with van der Waals surface area (Å²) in [6, 6.07) is 3.05. The van der Waals surface area contributed by atoms with E-state index in [4.69, 9.17) is 5.11 Å². The fourth-order valence-corrected chi connectivity index (χ4v) is 2.27. The van der Waals surface area contributed by atoms with E-state index >= 15 is 0 Å². The summed E-state index contributed by atoms with van der Waals surface area (Å²) in [5, 5.41) is 11.7. The number of rotatable bonds is 3. The second-order valence-corrected chi connectivity index (χ2v) is 4.73. The first-order valence-electron chi connectivity index (χ1n) is 6.08. The Hall–Kier alpha value is -1.91. The van der Waals surface area contributed by atoms with Crippen molar-refractivity contribution in [3.63, 3.8) is 0 Å². The van der Waals surface area contributed by atoms with Crippen molar-refractivity contribution in [2.45, 2.75) is 32.2 Å². The molecule has 1 aromatic heterocycles. The van der Waals surface area contributed by atoms with E-state index in [1.807, 2.05) is 0 Å². The highest BCUT2D eigenvalue weighted by atomic mass is 16.4. The molecule has 2 N–H and O–H groups in total. The standard InChI is InChI=1S/C13H16N2O3/c1-8-3-2-4-10(8)15-12(16)9-5-6-11(13(17)18)14-7-9/h5-8,10H,2-4H2,1H3,(H,15,16)(H,17,18). The highest BCUT2D eigenvalue weighted by Gasteiger charge is 2.25. The first kappa shape index (κ1) is 12.5. The van der Waals surface area contributed by atoms with Crippen molar-refractivity contribution in [1.82, 2.24) is 10.3 Å². The van der Waals surface area contributed by atoms with Gasteiger partial charge in [0, 0.05) is 12.2 Å². The maximum absolute atomic E-state index is 11.9. The van der Waals surface area contributed by atoms with E-state index in [0.29, 0.717) is 11.5 Å². The molecular formula is C13H16N2O3. The number of hydrogen-bond acceptors (Lipinski definition) is 3. The summed E-state index contributed by atoms with van der Waals surface area (Å²) in [5.74, 6) is -0.773. The van der Waals surface area contributed by atoms with Crippen LogP contribution in [0.4, 0.5) is 0 Å². The number of amides is 1. The third-order valence-corrected chi connectivity index (χ3v) is 3.42. The molecule has 1 heterocycles. The molecule has 5 nitrogen and oxygen atoms in total. The van der Waals surface area contributed by atoms with Gasteiger partial charge in [-0.2, -0.15) is 0 Å². The summed E-state index contributed by atoms with van der Waals surface area (Å²) in [6.07, 6.45) is 4.59. The Kier molecular flexibility index (Phi) is 3.60. The van der Waals surface area contributed by atoms with Crippen LogP contribution in [0.2, 0.25) is 0 Å². The van der Waals surface area contributed by atoms with E-state index in [9.17, 15) is 9.59 Å². The maximum Gasteiger partial charge on any atom is 0.354 e. The van der Waals surface area contributed by atoms with Crippen LogP contribution in [0, 0.1) is 5.92 Å². The second-order valence-electron chi connectivity index (χ2n) is 4.73. The highest BCUT2D eigenvalue weighted by molar-refractivity contribution is 5.95. The smallest absolute Gasteiger partial charge is 0.354 e. The van der Waals surface area contributed by atoms with Gasteiger partial charge in [-0.3, -0.25) is 4.79 Å². The van der Waals surface area contributed by atoms with Gasteiger partial charge in [-0.1, -0.05) is 13.3 Å². The van der Waals surface area contributed by atoms with E-state index < -0.39 is 5.97 Å². The normalized spacial score (nSPS) is 22.7. The molecule has 0 aliphatic heterocycles. The highest BCUT2D eigenvalue weighted by Crippen LogP contribution is 2.24. The van der Waals surface area contributed by atoms with Crippen LogP contribution in [0.3, 0.4) is 0 Å². The minimum Gasteiger partial charge on any atom is -0.477 e. The van der Waals surface area contributed by atoms with Crippen LogP contribution in [-0.2, 0) is 0 Å². The van der Waals surface area contributed by atoms with Gasteiger partial charge in [0.2, 0.25) is 0 Å². The maximum atomic E-state index is 11.9. The van der Waals surface area contributed by atoms with Crippen LogP contribution in [-0.4, -0.2) is 28.0 Å². The molecule has 96 valence electrons. The van der Waals surface area contributed by atoms with E-state index in [-0.39, 0.29) is 17.6 Å². The fraction of sp³-hybridized carbons (Fsp3) is 0.462. The van der Waals surface area contributed by atoms with Crippen LogP contribution in [0.25, 0.3) is 0 Å². The number of nitrogens with one attached hydrogen (secondary N) is 1. The lowest BCUT2D eigenvalue weighted by atomic mass is 10.1. The zero-order chi connectivity index (χ0) is 13.1. The van der Waals surface area contributed by atoms with Gasteiger partial charge >= 0.3 is 5.97 Å². The minimum absolute atomic E-state index is 0.0548. The van der Waals surface area contributed by atoms with Gasteiger partial charge in [0.05, 0.1) is 5.56 Å². The van der Waals surface area contributed by atoms with Crippen LogP contribution in [0.1, 0.15) is 47.0 Å². The number of nitrogens with zero attached hydrogens (tertiary/aromatic N) is 1. The number of carboxylic acid groups (broad SMARTS) is 1. The second kappa shape index (κ2) is 5.16. The van der Waals surface area contributed by atoms with Crippen molar-refractivity contribution < 1.29 is 14.7 Å². The first-order valence-corrected chi connectivity index (χ1v) is 6.08. The minimum atomic E-state index is -1.09. The molecule has 2 unspecified atom stereocenters. The Labute approximate surface area is 105 Å². The largest absolute Gasteiger partial charge is 0.477 e. The molecule has 0 radical (unpaired) electrons. The number of aromatic carboxylic acids is 1. The van der Waals surface area contributed by atoms with Crippen molar-refractivity contribution >= 4 is 11.9 Å². The molecule has 0 saturated heterocycles. The lowest BCUT2D eigenvalue weighted by molar-refractivity contribution is 0.0689. The Morgan fingerprint density at radius 2 is 2.17 bits per heavy atom. The SMILES string of the molecule is CC1CCCC1NC(=O)c1ccc(C(=O)O)nc1. The molecule has 0 bridgehead atoms. The molecule has 0 spiro atoms. The monoisotopic (exact) mass is 248 g/mol. The lowest BCUT2D eigenvalue weighted by Gasteiger charge is -2.17. The summed E-state index contributed by atoms with van der Waals surface area (Å²) < 4.78 is 0. The van der Waals surface area contributed by atoms with Gasteiger partial charge in [0.25, 0.3) is 5.91 Å². The predicted octanol–water partition coefficient (Wildman–Crippen LogP) is 1.70. The summed E-state index contributed by atoms with van der Waals surface area (Å²) in [4.78, 5) is 26.3. The molecule has 1 saturated carbocycles. The number of hydrogen-bond donors (Lipinski definition) is 2. The number of carbonyl (C=O) groups is 2. The molecule has 1 aliphatic rings. The molecule has 1 amide bonds. The van der Waals surface area contributed by atoms with Crippen molar-refractivity contribution in [1.29, 1.82) is 0 Å². The molecule has 1 aromatic rings. The molecule has 0 aromatic carbocycles. The van der Waals surface area contributed by atoms with E-state index in [1.54, 1.807) is 0 Å². The average Bonchev–Trinajstić information content (AvgIpc) is 2.75. The van der Waals surface area contributed by atoms with Gasteiger partial charge in [0.15, 0.2) is 0 Å². The van der Waals surface area contributed by atoms with Gasteiger partial charge < -0.3 is 10.4 Å². The summed E-state index contributed by atoms with van der Waals surface area (Å²) >= 11 is 0. The Morgan fingerprint density at radius 3 is 2.67 bits per heavy atom. The van der Waals surface area contributed by atoms with E-state index in [1.165, 1.54) is 18.3 Å². The molecule has 2 rings (SSSR count). The summed E-state index contributed by atoms with van der Waals surface area (Å²) in [6.45, 7) is 2.13. The van der Waals surface area contributed by atoms with Crippen LogP contribution in [0.15, 0.2) is 18.3 Å². The summed E-state index contributed by atoms with van der Waals surface area (Å²) in [5.41, 5.74) is 0.347. The van der Waals surface area contributed by atoms with Crippen molar-refractivity contribution in [2.75, 3.05) is 0 Å². The predicted molar refractivity (Wildman–Crippen MR) is 65.5 cm³/mol. The van der Waals surface area contributed by atoms with Gasteiger partial charge in [-0.25, -0.2) is 9.78 Å². The van der Waals surface area contributed by atoms with Gasteiger partial charge in [-0.15, -0.1) is 0 Å². The van der Waals surface area contributed by atoms with E-state index in [0.717, 1.165) is 19.3 Å². The van der Waals surface area contributed by atoms with Crippen molar-refractivity contribution in [3.05, 3.63) is 29.6 Å². The quantitative estimate of drug-likeness (QED) is 0.853. The molecule has 1 fully saturated rings. The number of aromatic nitrogens is 1. The summed E-state index contributed by atoms with van der Waals surface area (Å²) in [7, 11) is 0.